The third-order valence-corrected chi connectivity index (χ3v) is 3.49. The molecule has 1 aromatic carbocycles. The lowest BCUT2D eigenvalue weighted by Crippen LogP contribution is -2.53. The first-order chi connectivity index (χ1) is 11.7. The fraction of sp³-hybridized carbons (Fsp3) is 0.412. The molecule has 1 aromatic rings. The smallest absolute Gasteiger partial charge is 0.243 e. The van der Waals surface area contributed by atoms with Crippen LogP contribution in [0.15, 0.2) is 24.3 Å². The zero-order valence-electron chi connectivity index (χ0n) is 14.1. The Bertz CT molecular complexity index is 687. The topological polar surface area (TPSA) is 125 Å². The predicted molar refractivity (Wildman–Crippen MR) is 88.2 cm³/mol. The van der Waals surface area contributed by atoms with E-state index in [1.165, 1.54) is 25.1 Å². The number of halogens is 1. The molecule has 0 aliphatic heterocycles. The number of rotatable bonds is 8. The van der Waals surface area contributed by atoms with Crippen molar-refractivity contribution >= 4 is 17.7 Å². The Morgan fingerprint density at radius 2 is 1.96 bits per heavy atom. The molecule has 0 fully saturated rings. The van der Waals surface area contributed by atoms with Crippen LogP contribution < -0.4 is 16.4 Å². The van der Waals surface area contributed by atoms with Crippen LogP contribution in [0.5, 0.6) is 0 Å². The van der Waals surface area contributed by atoms with Gasteiger partial charge in [-0.05, 0) is 31.0 Å². The molecule has 0 bridgehead atoms. The highest BCUT2D eigenvalue weighted by Crippen LogP contribution is 2.09. The average Bonchev–Trinajstić information content (AvgIpc) is 2.52. The lowest BCUT2D eigenvalue weighted by Gasteiger charge is -2.22. The SMILES string of the molecule is CC(=O)N[C@H](Cc1cccc(F)c1)C(=O)N[C@H](C[C@@H](C)C#N)C(N)=O. The number of carbonyl (C=O) groups excluding carboxylic acids is 3. The number of nitrogens with one attached hydrogen (secondary N) is 2. The van der Waals surface area contributed by atoms with Crippen LogP contribution >= 0.6 is 0 Å². The van der Waals surface area contributed by atoms with Gasteiger partial charge in [-0.2, -0.15) is 5.26 Å². The molecule has 1 rings (SSSR count). The maximum Gasteiger partial charge on any atom is 0.243 e. The monoisotopic (exact) mass is 348 g/mol. The van der Waals surface area contributed by atoms with Gasteiger partial charge in [0.05, 0.1) is 6.07 Å². The largest absolute Gasteiger partial charge is 0.368 e. The number of carbonyl (C=O) groups is 3. The number of nitrogens with zero attached hydrogens (tertiary/aromatic N) is 1. The summed E-state index contributed by atoms with van der Waals surface area (Å²) in [5, 5.41) is 13.8. The molecule has 25 heavy (non-hydrogen) atoms. The van der Waals surface area contributed by atoms with Gasteiger partial charge in [0, 0.05) is 19.3 Å². The first-order valence-corrected chi connectivity index (χ1v) is 7.73. The molecule has 0 aliphatic carbocycles. The van der Waals surface area contributed by atoms with Crippen LogP contribution in [0.1, 0.15) is 25.8 Å². The van der Waals surface area contributed by atoms with E-state index in [1.54, 1.807) is 13.0 Å². The summed E-state index contributed by atoms with van der Waals surface area (Å²) in [6.45, 7) is 2.84. The lowest BCUT2D eigenvalue weighted by atomic mass is 10.0. The van der Waals surface area contributed by atoms with Crippen LogP contribution in [0, 0.1) is 23.1 Å². The number of nitrogens with two attached hydrogens (primary N) is 1. The Morgan fingerprint density at radius 1 is 1.28 bits per heavy atom. The van der Waals surface area contributed by atoms with Gasteiger partial charge < -0.3 is 16.4 Å². The summed E-state index contributed by atoms with van der Waals surface area (Å²) in [6, 6.07) is 5.56. The fourth-order valence-electron chi connectivity index (χ4n) is 2.28. The van der Waals surface area contributed by atoms with E-state index in [9.17, 15) is 18.8 Å². The zero-order chi connectivity index (χ0) is 19.0. The summed E-state index contributed by atoms with van der Waals surface area (Å²) in [4.78, 5) is 35.3. The third-order valence-electron chi connectivity index (χ3n) is 3.49. The molecule has 0 saturated carbocycles. The Balaban J connectivity index is 2.89. The minimum atomic E-state index is -1.04. The molecular weight excluding hydrogens is 327 g/mol. The summed E-state index contributed by atoms with van der Waals surface area (Å²) in [7, 11) is 0. The molecule has 8 heteroatoms. The molecule has 0 radical (unpaired) electrons. The van der Waals surface area contributed by atoms with Crippen molar-refractivity contribution in [2.75, 3.05) is 0 Å². The highest BCUT2D eigenvalue weighted by Gasteiger charge is 2.26. The molecule has 0 saturated heterocycles. The highest BCUT2D eigenvalue weighted by molar-refractivity contribution is 5.91. The van der Waals surface area contributed by atoms with E-state index in [1.807, 2.05) is 6.07 Å². The number of primary amides is 1. The second kappa shape index (κ2) is 9.37. The standard InChI is InChI=1S/C17H21FN4O3/c1-10(9-19)6-14(16(20)24)22-17(25)15(21-11(2)23)8-12-4-3-5-13(18)7-12/h3-5,7,10,14-15H,6,8H2,1-2H3,(H2,20,24)(H,21,23)(H,22,25)/t10-,14-,15-/m1/s1. The van der Waals surface area contributed by atoms with Crippen molar-refractivity contribution in [2.45, 2.75) is 38.8 Å². The van der Waals surface area contributed by atoms with E-state index in [-0.39, 0.29) is 12.8 Å². The van der Waals surface area contributed by atoms with E-state index in [0.29, 0.717) is 5.56 Å². The second-order valence-electron chi connectivity index (χ2n) is 5.82. The molecule has 7 nitrogen and oxygen atoms in total. The quantitative estimate of drug-likeness (QED) is 0.628. The van der Waals surface area contributed by atoms with Gasteiger partial charge in [0.25, 0.3) is 0 Å². The van der Waals surface area contributed by atoms with Crippen molar-refractivity contribution in [3.05, 3.63) is 35.6 Å². The van der Waals surface area contributed by atoms with Gasteiger partial charge in [-0.1, -0.05) is 12.1 Å². The summed E-state index contributed by atoms with van der Waals surface area (Å²) < 4.78 is 13.3. The molecule has 0 aromatic heterocycles. The Morgan fingerprint density at radius 3 is 2.48 bits per heavy atom. The number of nitriles is 1. The van der Waals surface area contributed by atoms with Crippen molar-refractivity contribution in [1.82, 2.24) is 10.6 Å². The minimum Gasteiger partial charge on any atom is -0.368 e. The molecule has 0 spiro atoms. The summed E-state index contributed by atoms with van der Waals surface area (Å²) in [5.74, 6) is -2.80. The van der Waals surface area contributed by atoms with E-state index in [2.05, 4.69) is 10.6 Å². The van der Waals surface area contributed by atoms with Crippen molar-refractivity contribution in [3.8, 4) is 6.07 Å². The zero-order valence-corrected chi connectivity index (χ0v) is 14.1. The van der Waals surface area contributed by atoms with Gasteiger partial charge in [0.15, 0.2) is 0 Å². The summed E-state index contributed by atoms with van der Waals surface area (Å²) in [6.07, 6.45) is 0.104. The maximum atomic E-state index is 13.3. The van der Waals surface area contributed by atoms with Crippen LogP contribution in [-0.4, -0.2) is 29.8 Å². The summed E-state index contributed by atoms with van der Waals surface area (Å²) in [5.41, 5.74) is 5.77. The van der Waals surface area contributed by atoms with E-state index in [4.69, 9.17) is 11.0 Å². The predicted octanol–water partition coefficient (Wildman–Crippen LogP) is 0.393. The minimum absolute atomic E-state index is 0.0441. The van der Waals surface area contributed by atoms with Crippen molar-refractivity contribution in [2.24, 2.45) is 11.7 Å². The van der Waals surface area contributed by atoms with E-state index < -0.39 is 41.5 Å². The normalized spacial score (nSPS) is 13.8. The second-order valence-corrected chi connectivity index (χ2v) is 5.82. The molecule has 134 valence electrons. The molecule has 0 unspecified atom stereocenters. The average molecular weight is 348 g/mol. The molecular formula is C17H21FN4O3. The fourth-order valence-corrected chi connectivity index (χ4v) is 2.28. The van der Waals surface area contributed by atoms with Gasteiger partial charge in [-0.15, -0.1) is 0 Å². The van der Waals surface area contributed by atoms with Crippen molar-refractivity contribution < 1.29 is 18.8 Å². The molecule has 3 amide bonds. The molecule has 0 aliphatic rings. The van der Waals surface area contributed by atoms with Crippen molar-refractivity contribution in [1.29, 1.82) is 5.26 Å². The van der Waals surface area contributed by atoms with E-state index >= 15 is 0 Å². The number of benzene rings is 1. The first-order valence-electron chi connectivity index (χ1n) is 7.73. The van der Waals surface area contributed by atoms with Gasteiger partial charge in [-0.25, -0.2) is 4.39 Å². The van der Waals surface area contributed by atoms with Crippen LogP contribution in [-0.2, 0) is 20.8 Å². The van der Waals surface area contributed by atoms with Gasteiger partial charge >= 0.3 is 0 Å². The first kappa shape index (κ1) is 20.1. The number of hydrogen-bond acceptors (Lipinski definition) is 4. The Hall–Kier alpha value is -2.95. The molecule has 0 heterocycles. The van der Waals surface area contributed by atoms with E-state index in [0.717, 1.165) is 0 Å². The maximum absolute atomic E-state index is 13.3. The molecule has 3 atom stereocenters. The van der Waals surface area contributed by atoms with Crippen LogP contribution in [0.25, 0.3) is 0 Å². The highest BCUT2D eigenvalue weighted by atomic mass is 19.1. The van der Waals surface area contributed by atoms with Crippen LogP contribution in [0.3, 0.4) is 0 Å². The Labute approximate surface area is 145 Å². The number of hydrogen-bond donors (Lipinski definition) is 3. The molecule has 4 N–H and O–H groups in total. The Kier molecular flexibility index (Phi) is 7.53. The third kappa shape index (κ3) is 6.99. The summed E-state index contributed by atoms with van der Waals surface area (Å²) >= 11 is 0. The lowest BCUT2D eigenvalue weighted by molar-refractivity contribution is -0.131. The van der Waals surface area contributed by atoms with Gasteiger partial charge in [-0.3, -0.25) is 14.4 Å². The van der Waals surface area contributed by atoms with Gasteiger partial charge in [0.2, 0.25) is 17.7 Å². The van der Waals surface area contributed by atoms with Crippen molar-refractivity contribution in [3.63, 3.8) is 0 Å². The van der Waals surface area contributed by atoms with Gasteiger partial charge in [0.1, 0.15) is 17.9 Å². The van der Waals surface area contributed by atoms with Crippen LogP contribution in [0.4, 0.5) is 4.39 Å². The number of amides is 3. The van der Waals surface area contributed by atoms with Crippen LogP contribution in [0.2, 0.25) is 0 Å².